The van der Waals surface area contributed by atoms with Crippen molar-refractivity contribution in [3.05, 3.63) is 108 Å². The number of nitrogens with zero attached hydrogens (tertiary/aromatic N) is 4. The van der Waals surface area contributed by atoms with Gasteiger partial charge in [-0.2, -0.15) is 0 Å². The van der Waals surface area contributed by atoms with Crippen molar-refractivity contribution in [1.29, 1.82) is 0 Å². The molecule has 32 heavy (non-hydrogen) atoms. The highest BCUT2D eigenvalue weighted by atomic mass is 32.1. The van der Waals surface area contributed by atoms with E-state index >= 15 is 0 Å². The molecule has 0 fully saturated rings. The lowest BCUT2D eigenvalue weighted by molar-refractivity contribution is 0.626. The standard InChI is InChI=1S/C23H17FN4O3S/c1-13-14(2)32-22-20(13)21(30)28(17-8-6-15(24)7-9-17)23(31)27(22)12-16-11-19(29)26-10-4-3-5-18(26)25-16/h3-11H,12H2,1-2H3. The maximum Gasteiger partial charge on any atom is 0.337 e. The van der Waals surface area contributed by atoms with Crippen LogP contribution in [0, 0.1) is 19.7 Å². The van der Waals surface area contributed by atoms with E-state index in [4.69, 9.17) is 0 Å². The second-order valence-corrected chi connectivity index (χ2v) is 8.67. The van der Waals surface area contributed by atoms with Gasteiger partial charge in [0.2, 0.25) is 0 Å². The van der Waals surface area contributed by atoms with Gasteiger partial charge in [0.15, 0.2) is 0 Å². The minimum atomic E-state index is -0.578. The number of thiophene rings is 1. The van der Waals surface area contributed by atoms with Gasteiger partial charge in [-0.05, 0) is 55.8 Å². The van der Waals surface area contributed by atoms with Gasteiger partial charge < -0.3 is 0 Å². The van der Waals surface area contributed by atoms with Crippen molar-refractivity contribution in [2.24, 2.45) is 0 Å². The van der Waals surface area contributed by atoms with Crippen LogP contribution in [0.25, 0.3) is 21.6 Å². The average molecular weight is 448 g/mol. The lowest BCUT2D eigenvalue weighted by Gasteiger charge is -2.12. The predicted molar refractivity (Wildman–Crippen MR) is 122 cm³/mol. The summed E-state index contributed by atoms with van der Waals surface area (Å²) in [6.45, 7) is 3.73. The third kappa shape index (κ3) is 3.09. The summed E-state index contributed by atoms with van der Waals surface area (Å²) < 4.78 is 17.4. The van der Waals surface area contributed by atoms with Gasteiger partial charge in [0, 0.05) is 17.1 Å². The van der Waals surface area contributed by atoms with Crippen molar-refractivity contribution in [2.45, 2.75) is 20.4 Å². The van der Waals surface area contributed by atoms with Crippen LogP contribution < -0.4 is 16.8 Å². The Morgan fingerprint density at radius 1 is 1.03 bits per heavy atom. The molecule has 1 aromatic carbocycles. The third-order valence-electron chi connectivity index (χ3n) is 5.48. The summed E-state index contributed by atoms with van der Waals surface area (Å²) in [5.41, 5.74) is 0.618. The number of hydrogen-bond donors (Lipinski definition) is 0. The molecule has 0 saturated heterocycles. The summed E-state index contributed by atoms with van der Waals surface area (Å²) >= 11 is 1.35. The van der Waals surface area contributed by atoms with Gasteiger partial charge >= 0.3 is 5.69 Å². The summed E-state index contributed by atoms with van der Waals surface area (Å²) in [6, 6.07) is 11.8. The first-order valence-electron chi connectivity index (χ1n) is 9.84. The highest BCUT2D eigenvalue weighted by Gasteiger charge is 2.20. The smallest absolute Gasteiger partial charge is 0.278 e. The Bertz CT molecular complexity index is 1690. The SMILES string of the molecule is Cc1sc2c(c1C)c(=O)n(-c1ccc(F)cc1)c(=O)n2Cc1cc(=O)n2ccccc2n1. The van der Waals surface area contributed by atoms with E-state index < -0.39 is 17.1 Å². The van der Waals surface area contributed by atoms with Gasteiger partial charge in [-0.1, -0.05) is 6.07 Å². The topological polar surface area (TPSA) is 78.4 Å². The van der Waals surface area contributed by atoms with E-state index in [2.05, 4.69) is 4.98 Å². The third-order valence-corrected chi connectivity index (χ3v) is 6.71. The first-order valence-corrected chi connectivity index (χ1v) is 10.7. The number of pyridine rings is 1. The highest BCUT2D eigenvalue weighted by molar-refractivity contribution is 7.18. The number of fused-ring (bicyclic) bond motifs is 2. The Balaban J connectivity index is 1.80. The summed E-state index contributed by atoms with van der Waals surface area (Å²) in [6.07, 6.45) is 1.62. The normalized spacial score (nSPS) is 11.5. The Hall–Kier alpha value is -3.85. The van der Waals surface area contributed by atoms with Crippen LogP contribution in [0.5, 0.6) is 0 Å². The molecule has 160 valence electrons. The number of rotatable bonds is 3. The van der Waals surface area contributed by atoms with Crippen molar-refractivity contribution in [3.63, 3.8) is 0 Å². The Morgan fingerprint density at radius 2 is 1.78 bits per heavy atom. The first kappa shape index (κ1) is 20.1. The molecule has 0 aliphatic carbocycles. The van der Waals surface area contributed by atoms with Crippen LogP contribution in [0.15, 0.2) is 69.1 Å². The van der Waals surface area contributed by atoms with E-state index in [0.717, 1.165) is 15.0 Å². The number of halogens is 1. The maximum atomic E-state index is 13.5. The molecule has 5 aromatic rings. The van der Waals surface area contributed by atoms with Gasteiger partial charge in [0.1, 0.15) is 16.3 Å². The van der Waals surface area contributed by atoms with Gasteiger partial charge in [0.05, 0.1) is 23.3 Å². The summed E-state index contributed by atoms with van der Waals surface area (Å²) in [4.78, 5) is 45.2. The highest BCUT2D eigenvalue weighted by Crippen LogP contribution is 2.27. The molecule has 0 unspecified atom stereocenters. The van der Waals surface area contributed by atoms with Crippen molar-refractivity contribution < 1.29 is 4.39 Å². The fraction of sp³-hybridized carbons (Fsp3) is 0.130. The molecule has 0 amide bonds. The van der Waals surface area contributed by atoms with Crippen molar-refractivity contribution in [3.8, 4) is 5.69 Å². The quantitative estimate of drug-likeness (QED) is 0.425. The molecule has 0 aliphatic rings. The van der Waals surface area contributed by atoms with Crippen LogP contribution in [0.1, 0.15) is 16.1 Å². The van der Waals surface area contributed by atoms with Crippen LogP contribution >= 0.6 is 11.3 Å². The van der Waals surface area contributed by atoms with E-state index in [-0.39, 0.29) is 17.8 Å². The minimum Gasteiger partial charge on any atom is -0.278 e. The van der Waals surface area contributed by atoms with Crippen LogP contribution in [-0.2, 0) is 6.54 Å². The molecular formula is C23H17FN4O3S. The zero-order chi connectivity index (χ0) is 22.6. The Labute approximate surface area is 184 Å². The van der Waals surface area contributed by atoms with E-state index in [0.29, 0.717) is 21.6 Å². The van der Waals surface area contributed by atoms with Crippen LogP contribution in [0.2, 0.25) is 0 Å². The molecule has 0 radical (unpaired) electrons. The molecule has 0 aliphatic heterocycles. The maximum absolute atomic E-state index is 13.5. The zero-order valence-electron chi connectivity index (χ0n) is 17.2. The summed E-state index contributed by atoms with van der Waals surface area (Å²) in [5.74, 6) is -0.466. The van der Waals surface area contributed by atoms with Crippen LogP contribution in [0.4, 0.5) is 4.39 Å². The van der Waals surface area contributed by atoms with Crippen LogP contribution in [-0.4, -0.2) is 18.5 Å². The minimum absolute atomic E-state index is 0.0107. The van der Waals surface area contributed by atoms with Gasteiger partial charge in [0.25, 0.3) is 11.1 Å². The van der Waals surface area contributed by atoms with Gasteiger partial charge in [-0.15, -0.1) is 11.3 Å². The molecule has 9 heteroatoms. The number of benzene rings is 1. The molecular weight excluding hydrogens is 431 g/mol. The predicted octanol–water partition coefficient (Wildman–Crippen LogP) is 3.03. The zero-order valence-corrected chi connectivity index (χ0v) is 18.0. The molecule has 4 aromatic heterocycles. The number of hydrogen-bond acceptors (Lipinski definition) is 5. The number of aromatic nitrogens is 4. The second kappa shape index (κ2) is 7.38. The van der Waals surface area contributed by atoms with Crippen molar-refractivity contribution >= 4 is 27.2 Å². The monoisotopic (exact) mass is 448 g/mol. The Morgan fingerprint density at radius 3 is 2.53 bits per heavy atom. The molecule has 0 bridgehead atoms. The lowest BCUT2D eigenvalue weighted by Crippen LogP contribution is -2.39. The molecule has 0 spiro atoms. The summed E-state index contributed by atoms with van der Waals surface area (Å²) in [5, 5.41) is 0.425. The summed E-state index contributed by atoms with van der Waals surface area (Å²) in [7, 11) is 0. The molecule has 5 rings (SSSR count). The van der Waals surface area contributed by atoms with E-state index in [9.17, 15) is 18.8 Å². The molecule has 0 saturated carbocycles. The fourth-order valence-corrected chi connectivity index (χ4v) is 4.90. The molecule has 0 N–H and O–H groups in total. The second-order valence-electron chi connectivity index (χ2n) is 7.46. The van der Waals surface area contributed by atoms with E-state index in [1.165, 1.54) is 50.6 Å². The first-order chi connectivity index (χ1) is 15.3. The number of aryl methyl sites for hydroxylation is 2. The fourth-order valence-electron chi connectivity index (χ4n) is 3.76. The Kier molecular flexibility index (Phi) is 4.63. The largest absolute Gasteiger partial charge is 0.337 e. The van der Waals surface area contributed by atoms with Crippen LogP contribution in [0.3, 0.4) is 0 Å². The molecule has 7 nitrogen and oxygen atoms in total. The molecule has 0 atom stereocenters. The van der Waals surface area contributed by atoms with Crippen molar-refractivity contribution in [2.75, 3.05) is 0 Å². The lowest BCUT2D eigenvalue weighted by atomic mass is 10.2. The van der Waals surface area contributed by atoms with Gasteiger partial charge in [-0.3, -0.25) is 18.6 Å². The molecule has 4 heterocycles. The van der Waals surface area contributed by atoms with Gasteiger partial charge in [-0.25, -0.2) is 18.7 Å². The van der Waals surface area contributed by atoms with E-state index in [1.54, 1.807) is 24.4 Å². The average Bonchev–Trinajstić information content (AvgIpc) is 3.07. The van der Waals surface area contributed by atoms with Crippen molar-refractivity contribution in [1.82, 2.24) is 18.5 Å². The van der Waals surface area contributed by atoms with E-state index in [1.807, 2.05) is 13.8 Å².